The molecular formula is C14H17N3O2S. The molecule has 0 aliphatic rings. The molecule has 20 heavy (non-hydrogen) atoms. The average Bonchev–Trinajstić information content (AvgIpc) is 2.76. The lowest BCUT2D eigenvalue weighted by Gasteiger charge is -2.08. The number of fused-ring (bicyclic) bond motifs is 1. The van der Waals surface area contributed by atoms with Crippen molar-refractivity contribution < 1.29 is 9.59 Å². The first-order valence-corrected chi connectivity index (χ1v) is 7.24. The second-order valence-corrected chi connectivity index (χ2v) is 6.07. The second-order valence-electron chi connectivity index (χ2n) is 4.74. The third-order valence-corrected chi connectivity index (χ3v) is 3.77. The number of carbonyl (C=O) groups excluding carboxylic acids is 2. The highest BCUT2D eigenvalue weighted by atomic mass is 32.2. The number of amides is 1. The fourth-order valence-electron chi connectivity index (χ4n) is 1.73. The van der Waals surface area contributed by atoms with Gasteiger partial charge >= 0.3 is 0 Å². The standard InChI is InChI=1S/C14H17N3O2S/c1-8-4-5-11-12(6-8)17-14(16-11)20-10(3)13(19)15-7-9(2)18/h4-6,10H,7H2,1-3H3,(H,15,19)(H,16,17)/t10-/m1/s1. The Hall–Kier alpha value is -1.82. The zero-order chi connectivity index (χ0) is 14.7. The molecular weight excluding hydrogens is 274 g/mol. The smallest absolute Gasteiger partial charge is 0.233 e. The summed E-state index contributed by atoms with van der Waals surface area (Å²) in [6.07, 6.45) is 0. The molecule has 0 bridgehead atoms. The van der Waals surface area contributed by atoms with Crippen LogP contribution in [0.1, 0.15) is 19.4 Å². The summed E-state index contributed by atoms with van der Waals surface area (Å²) in [6, 6.07) is 5.97. The number of aryl methyl sites for hydroxylation is 1. The van der Waals surface area contributed by atoms with Crippen molar-refractivity contribution in [2.75, 3.05) is 6.54 Å². The van der Waals surface area contributed by atoms with E-state index in [2.05, 4.69) is 15.3 Å². The van der Waals surface area contributed by atoms with Gasteiger partial charge in [-0.1, -0.05) is 17.8 Å². The van der Waals surface area contributed by atoms with Gasteiger partial charge in [0.25, 0.3) is 0 Å². The highest BCUT2D eigenvalue weighted by Gasteiger charge is 2.16. The molecule has 1 atom stereocenters. The van der Waals surface area contributed by atoms with Crippen LogP contribution in [0.4, 0.5) is 0 Å². The largest absolute Gasteiger partial charge is 0.348 e. The molecule has 2 rings (SSSR count). The summed E-state index contributed by atoms with van der Waals surface area (Å²) in [7, 11) is 0. The molecule has 0 saturated heterocycles. The van der Waals surface area contributed by atoms with Crippen molar-refractivity contribution in [1.82, 2.24) is 15.3 Å². The number of H-pyrrole nitrogens is 1. The Labute approximate surface area is 121 Å². The Kier molecular flexibility index (Phi) is 4.44. The third kappa shape index (κ3) is 3.60. The molecule has 0 radical (unpaired) electrons. The van der Waals surface area contributed by atoms with Crippen LogP contribution in [0.2, 0.25) is 0 Å². The summed E-state index contributed by atoms with van der Waals surface area (Å²) in [5.41, 5.74) is 3.00. The number of benzene rings is 1. The van der Waals surface area contributed by atoms with Crippen LogP contribution in [0.15, 0.2) is 23.4 Å². The number of rotatable bonds is 5. The SMILES string of the molecule is CC(=O)CNC(=O)[C@@H](C)Sc1nc2ccc(C)cc2[nH]1. The molecule has 1 amide bonds. The van der Waals surface area contributed by atoms with Gasteiger partial charge in [0.2, 0.25) is 5.91 Å². The molecule has 0 saturated carbocycles. The van der Waals surface area contributed by atoms with E-state index in [0.717, 1.165) is 16.6 Å². The minimum absolute atomic E-state index is 0.0604. The van der Waals surface area contributed by atoms with Crippen LogP contribution < -0.4 is 5.32 Å². The Bertz CT molecular complexity index is 651. The predicted molar refractivity (Wildman–Crippen MR) is 79.8 cm³/mol. The number of aromatic amines is 1. The summed E-state index contributed by atoms with van der Waals surface area (Å²) in [4.78, 5) is 30.3. The molecule has 1 aromatic carbocycles. The van der Waals surface area contributed by atoms with E-state index in [1.165, 1.54) is 18.7 Å². The van der Waals surface area contributed by atoms with Gasteiger partial charge in [-0.15, -0.1) is 0 Å². The molecule has 5 nitrogen and oxygen atoms in total. The van der Waals surface area contributed by atoms with Crippen molar-refractivity contribution in [3.63, 3.8) is 0 Å². The number of aromatic nitrogens is 2. The highest BCUT2D eigenvalue weighted by molar-refractivity contribution is 8.00. The lowest BCUT2D eigenvalue weighted by molar-refractivity contribution is -0.123. The van der Waals surface area contributed by atoms with Crippen LogP contribution in [0.25, 0.3) is 11.0 Å². The number of hydrogen-bond acceptors (Lipinski definition) is 4. The molecule has 106 valence electrons. The van der Waals surface area contributed by atoms with Gasteiger partial charge in [0.05, 0.1) is 22.8 Å². The Morgan fingerprint density at radius 1 is 1.45 bits per heavy atom. The number of imidazole rings is 1. The topological polar surface area (TPSA) is 74.8 Å². The summed E-state index contributed by atoms with van der Waals surface area (Å²) in [5.74, 6) is -0.225. The monoisotopic (exact) mass is 291 g/mol. The normalized spacial score (nSPS) is 12.3. The number of ketones is 1. The maximum atomic E-state index is 11.8. The van der Waals surface area contributed by atoms with E-state index in [4.69, 9.17) is 0 Å². The van der Waals surface area contributed by atoms with E-state index in [0.29, 0.717) is 5.16 Å². The fourth-order valence-corrected chi connectivity index (χ4v) is 2.58. The Balaban J connectivity index is 2.03. The van der Waals surface area contributed by atoms with Crippen LogP contribution in [0, 0.1) is 6.92 Å². The lowest BCUT2D eigenvalue weighted by Crippen LogP contribution is -2.34. The van der Waals surface area contributed by atoms with Gasteiger partial charge in [0.15, 0.2) is 5.16 Å². The number of nitrogens with one attached hydrogen (secondary N) is 2. The third-order valence-electron chi connectivity index (χ3n) is 2.78. The molecule has 0 unspecified atom stereocenters. The van der Waals surface area contributed by atoms with Crippen LogP contribution in [0.3, 0.4) is 0 Å². The average molecular weight is 291 g/mol. The van der Waals surface area contributed by atoms with E-state index >= 15 is 0 Å². The van der Waals surface area contributed by atoms with E-state index in [1.807, 2.05) is 25.1 Å². The van der Waals surface area contributed by atoms with Crippen molar-refractivity contribution >= 4 is 34.5 Å². The molecule has 6 heteroatoms. The van der Waals surface area contributed by atoms with Gasteiger partial charge in [-0.3, -0.25) is 9.59 Å². The quantitative estimate of drug-likeness (QED) is 0.827. The van der Waals surface area contributed by atoms with E-state index < -0.39 is 0 Å². The van der Waals surface area contributed by atoms with Crippen molar-refractivity contribution in [1.29, 1.82) is 0 Å². The highest BCUT2D eigenvalue weighted by Crippen LogP contribution is 2.23. The number of carbonyl (C=O) groups is 2. The van der Waals surface area contributed by atoms with Gasteiger partial charge in [-0.05, 0) is 38.5 Å². The van der Waals surface area contributed by atoms with Crippen molar-refractivity contribution in [3.8, 4) is 0 Å². The number of Topliss-reactive ketones (excluding diaryl/α,β-unsaturated/α-hetero) is 1. The van der Waals surface area contributed by atoms with E-state index in [-0.39, 0.29) is 23.5 Å². The Morgan fingerprint density at radius 3 is 2.90 bits per heavy atom. The van der Waals surface area contributed by atoms with Crippen LogP contribution in [0.5, 0.6) is 0 Å². The van der Waals surface area contributed by atoms with Crippen LogP contribution >= 0.6 is 11.8 Å². The molecule has 0 aliphatic heterocycles. The van der Waals surface area contributed by atoms with Crippen molar-refractivity contribution in [2.45, 2.75) is 31.2 Å². The number of nitrogens with zero attached hydrogens (tertiary/aromatic N) is 1. The minimum atomic E-state index is -0.309. The van der Waals surface area contributed by atoms with Crippen LogP contribution in [-0.4, -0.2) is 33.5 Å². The van der Waals surface area contributed by atoms with Gasteiger partial charge in [0, 0.05) is 0 Å². The van der Waals surface area contributed by atoms with E-state index in [9.17, 15) is 9.59 Å². The molecule has 2 N–H and O–H groups in total. The second kappa shape index (κ2) is 6.09. The van der Waals surface area contributed by atoms with Gasteiger partial charge in [-0.25, -0.2) is 4.98 Å². The predicted octanol–water partition coefficient (Wildman–Crippen LogP) is 2.06. The van der Waals surface area contributed by atoms with Crippen molar-refractivity contribution in [3.05, 3.63) is 23.8 Å². The number of hydrogen-bond donors (Lipinski definition) is 2. The first-order valence-electron chi connectivity index (χ1n) is 6.36. The first-order chi connectivity index (χ1) is 9.45. The zero-order valence-electron chi connectivity index (χ0n) is 11.7. The molecule has 1 aromatic heterocycles. The van der Waals surface area contributed by atoms with E-state index in [1.54, 1.807) is 6.92 Å². The lowest BCUT2D eigenvalue weighted by atomic mass is 10.2. The first kappa shape index (κ1) is 14.6. The Morgan fingerprint density at radius 2 is 2.20 bits per heavy atom. The maximum absolute atomic E-state index is 11.8. The fraction of sp³-hybridized carbons (Fsp3) is 0.357. The molecule has 0 aliphatic carbocycles. The zero-order valence-corrected chi connectivity index (χ0v) is 12.5. The molecule has 1 heterocycles. The number of thioether (sulfide) groups is 1. The summed E-state index contributed by atoms with van der Waals surface area (Å²) >= 11 is 1.34. The van der Waals surface area contributed by atoms with Crippen LogP contribution in [-0.2, 0) is 9.59 Å². The minimum Gasteiger partial charge on any atom is -0.348 e. The maximum Gasteiger partial charge on any atom is 0.233 e. The summed E-state index contributed by atoms with van der Waals surface area (Å²) < 4.78 is 0. The van der Waals surface area contributed by atoms with Gasteiger partial charge in [-0.2, -0.15) is 0 Å². The molecule has 2 aromatic rings. The molecule has 0 spiro atoms. The molecule has 0 fully saturated rings. The summed E-state index contributed by atoms with van der Waals surface area (Å²) in [5, 5.41) is 2.99. The summed E-state index contributed by atoms with van der Waals surface area (Å²) in [6.45, 7) is 5.33. The van der Waals surface area contributed by atoms with Gasteiger partial charge in [0.1, 0.15) is 5.78 Å². The van der Waals surface area contributed by atoms with Gasteiger partial charge < -0.3 is 10.3 Å². The van der Waals surface area contributed by atoms with Crippen molar-refractivity contribution in [2.24, 2.45) is 0 Å².